The zero-order valence-corrected chi connectivity index (χ0v) is 13.7. The second-order valence-electron chi connectivity index (χ2n) is 5.69. The number of piperazine rings is 1. The quantitative estimate of drug-likeness (QED) is 0.716. The highest BCUT2D eigenvalue weighted by atomic mass is 32.1. The average molecular weight is 344 g/mol. The van der Waals surface area contributed by atoms with Gasteiger partial charge in [0.1, 0.15) is 0 Å². The minimum absolute atomic E-state index is 0.0529. The minimum atomic E-state index is -0.0731. The Labute approximate surface area is 141 Å². The van der Waals surface area contributed by atoms with Gasteiger partial charge in [-0.25, -0.2) is 4.98 Å². The van der Waals surface area contributed by atoms with E-state index in [0.29, 0.717) is 30.4 Å². The molecule has 124 valence electrons. The van der Waals surface area contributed by atoms with E-state index < -0.39 is 0 Å². The molecule has 0 N–H and O–H groups in total. The maximum absolute atomic E-state index is 12.2. The normalized spacial score (nSPS) is 15.9. The highest BCUT2D eigenvalue weighted by molar-refractivity contribution is 7.15. The van der Waals surface area contributed by atoms with Crippen molar-refractivity contribution in [2.45, 2.75) is 6.54 Å². The summed E-state index contributed by atoms with van der Waals surface area (Å²) < 4.78 is 6.72. The van der Waals surface area contributed by atoms with E-state index in [1.54, 1.807) is 33.7 Å². The Morgan fingerprint density at radius 2 is 2.12 bits per heavy atom. The van der Waals surface area contributed by atoms with Gasteiger partial charge < -0.3 is 9.32 Å². The highest BCUT2D eigenvalue weighted by Gasteiger charge is 2.24. The molecular formula is C16H16N4O3S. The first-order chi connectivity index (χ1) is 11.7. The van der Waals surface area contributed by atoms with Crippen molar-refractivity contribution in [3.05, 3.63) is 57.8 Å². The van der Waals surface area contributed by atoms with E-state index in [4.69, 9.17) is 4.42 Å². The van der Waals surface area contributed by atoms with Crippen LogP contribution in [0.15, 0.2) is 45.3 Å². The number of carbonyl (C=O) groups is 1. The molecule has 3 aromatic heterocycles. The summed E-state index contributed by atoms with van der Waals surface area (Å²) in [4.78, 5) is 33.5. The van der Waals surface area contributed by atoms with Crippen LogP contribution in [0.25, 0.3) is 4.96 Å². The Morgan fingerprint density at radius 1 is 1.29 bits per heavy atom. The molecule has 4 rings (SSSR count). The number of fused-ring (bicyclic) bond motifs is 1. The van der Waals surface area contributed by atoms with Gasteiger partial charge in [-0.15, -0.1) is 11.3 Å². The molecule has 0 aliphatic carbocycles. The van der Waals surface area contributed by atoms with Crippen LogP contribution in [0.4, 0.5) is 0 Å². The zero-order chi connectivity index (χ0) is 16.5. The molecule has 1 aliphatic heterocycles. The third-order valence-electron chi connectivity index (χ3n) is 4.13. The van der Waals surface area contributed by atoms with Gasteiger partial charge in [-0.2, -0.15) is 0 Å². The number of amides is 1. The van der Waals surface area contributed by atoms with Gasteiger partial charge in [-0.05, 0) is 12.1 Å². The summed E-state index contributed by atoms with van der Waals surface area (Å²) in [5, 5.41) is 1.85. The van der Waals surface area contributed by atoms with Crippen molar-refractivity contribution >= 4 is 22.2 Å². The van der Waals surface area contributed by atoms with Gasteiger partial charge >= 0.3 is 0 Å². The molecule has 8 heteroatoms. The van der Waals surface area contributed by atoms with Crippen LogP contribution in [-0.2, 0) is 6.54 Å². The predicted octanol–water partition coefficient (Wildman–Crippen LogP) is 1.31. The molecule has 0 bridgehead atoms. The van der Waals surface area contributed by atoms with Crippen molar-refractivity contribution in [2.75, 3.05) is 26.2 Å². The fraction of sp³-hybridized carbons (Fsp3) is 0.312. The number of carbonyl (C=O) groups excluding carboxylic acids is 1. The molecular weight excluding hydrogens is 328 g/mol. The first-order valence-corrected chi connectivity index (χ1v) is 8.59. The van der Waals surface area contributed by atoms with Crippen molar-refractivity contribution in [2.24, 2.45) is 0 Å². The summed E-state index contributed by atoms with van der Waals surface area (Å²) in [6.07, 6.45) is 3.24. The molecule has 0 radical (unpaired) electrons. The fourth-order valence-electron chi connectivity index (χ4n) is 2.86. The number of thiazole rings is 1. The average Bonchev–Trinajstić information content (AvgIpc) is 3.26. The molecule has 0 spiro atoms. The molecule has 4 heterocycles. The third kappa shape index (κ3) is 2.85. The largest absolute Gasteiger partial charge is 0.459 e. The summed E-state index contributed by atoms with van der Waals surface area (Å²) in [7, 11) is 0. The van der Waals surface area contributed by atoms with Gasteiger partial charge in [0.25, 0.3) is 11.5 Å². The first-order valence-electron chi connectivity index (χ1n) is 7.71. The van der Waals surface area contributed by atoms with E-state index in [1.807, 2.05) is 5.38 Å². The second kappa shape index (κ2) is 6.21. The number of nitrogens with zero attached hydrogens (tertiary/aromatic N) is 4. The summed E-state index contributed by atoms with van der Waals surface area (Å²) in [6.45, 7) is 3.39. The molecule has 24 heavy (non-hydrogen) atoms. The monoisotopic (exact) mass is 344 g/mol. The number of hydrogen-bond acceptors (Lipinski definition) is 6. The fourth-order valence-corrected chi connectivity index (χ4v) is 3.60. The Balaban J connectivity index is 1.40. The molecule has 0 saturated carbocycles. The predicted molar refractivity (Wildman–Crippen MR) is 89.2 cm³/mol. The number of hydrogen-bond donors (Lipinski definition) is 0. The number of furan rings is 1. The lowest BCUT2D eigenvalue weighted by atomic mass is 10.2. The maximum Gasteiger partial charge on any atom is 0.289 e. The Bertz CT molecular complexity index is 907. The topological polar surface area (TPSA) is 71.1 Å². The third-order valence-corrected chi connectivity index (χ3v) is 4.89. The lowest BCUT2D eigenvalue weighted by molar-refractivity contribution is 0.0596. The van der Waals surface area contributed by atoms with Crippen molar-refractivity contribution in [3.8, 4) is 0 Å². The highest BCUT2D eigenvalue weighted by Crippen LogP contribution is 2.12. The number of aromatic nitrogens is 2. The molecule has 3 aromatic rings. The van der Waals surface area contributed by atoms with Crippen LogP contribution in [0.2, 0.25) is 0 Å². The van der Waals surface area contributed by atoms with Gasteiger partial charge in [0, 0.05) is 50.4 Å². The minimum Gasteiger partial charge on any atom is -0.459 e. The van der Waals surface area contributed by atoms with E-state index in [-0.39, 0.29) is 11.5 Å². The smallest absolute Gasteiger partial charge is 0.289 e. The lowest BCUT2D eigenvalue weighted by Crippen LogP contribution is -2.48. The number of rotatable bonds is 3. The Kier molecular flexibility index (Phi) is 3.91. The second-order valence-corrected chi connectivity index (χ2v) is 6.56. The van der Waals surface area contributed by atoms with Gasteiger partial charge in [0.15, 0.2) is 10.7 Å². The standard InChI is InChI=1S/C16H16N4O3S/c21-14-10-12(17-16-20(14)7-9-24-16)11-18-3-5-19(6-4-18)15(22)13-2-1-8-23-13/h1-2,7-10H,3-6,11H2. The van der Waals surface area contributed by atoms with Crippen molar-refractivity contribution in [1.82, 2.24) is 19.2 Å². The van der Waals surface area contributed by atoms with Crippen LogP contribution in [-0.4, -0.2) is 51.3 Å². The molecule has 7 nitrogen and oxygen atoms in total. The molecule has 0 unspecified atom stereocenters. The van der Waals surface area contributed by atoms with E-state index in [9.17, 15) is 9.59 Å². The van der Waals surface area contributed by atoms with E-state index in [2.05, 4.69) is 9.88 Å². The molecule has 1 saturated heterocycles. The zero-order valence-electron chi connectivity index (χ0n) is 12.9. The van der Waals surface area contributed by atoms with Crippen molar-refractivity contribution in [1.29, 1.82) is 0 Å². The van der Waals surface area contributed by atoms with Gasteiger partial charge in [-0.1, -0.05) is 0 Å². The van der Waals surface area contributed by atoms with E-state index in [0.717, 1.165) is 18.8 Å². The van der Waals surface area contributed by atoms with E-state index >= 15 is 0 Å². The van der Waals surface area contributed by atoms with Crippen molar-refractivity contribution in [3.63, 3.8) is 0 Å². The lowest BCUT2D eigenvalue weighted by Gasteiger charge is -2.34. The van der Waals surface area contributed by atoms with Crippen LogP contribution >= 0.6 is 11.3 Å². The summed E-state index contributed by atoms with van der Waals surface area (Å²) in [5.74, 6) is 0.303. The summed E-state index contributed by atoms with van der Waals surface area (Å²) >= 11 is 1.45. The maximum atomic E-state index is 12.2. The van der Waals surface area contributed by atoms with Crippen LogP contribution in [0.5, 0.6) is 0 Å². The Morgan fingerprint density at radius 3 is 2.88 bits per heavy atom. The molecule has 1 fully saturated rings. The van der Waals surface area contributed by atoms with Crippen molar-refractivity contribution < 1.29 is 9.21 Å². The van der Waals surface area contributed by atoms with Crippen LogP contribution in [0.3, 0.4) is 0 Å². The first kappa shape index (κ1) is 15.1. The van der Waals surface area contributed by atoms with E-state index in [1.165, 1.54) is 17.6 Å². The summed E-state index contributed by atoms with van der Waals surface area (Å²) in [6, 6.07) is 4.98. The van der Waals surface area contributed by atoms with Crippen LogP contribution < -0.4 is 5.56 Å². The van der Waals surface area contributed by atoms with Gasteiger partial charge in [-0.3, -0.25) is 18.9 Å². The SMILES string of the molecule is O=C(c1ccco1)N1CCN(Cc2cc(=O)n3ccsc3n2)CC1. The summed E-state index contributed by atoms with van der Waals surface area (Å²) in [5.41, 5.74) is 0.719. The van der Waals surface area contributed by atoms with Crippen LogP contribution in [0.1, 0.15) is 16.2 Å². The molecule has 1 amide bonds. The Hall–Kier alpha value is -2.45. The van der Waals surface area contributed by atoms with Gasteiger partial charge in [0.2, 0.25) is 0 Å². The molecule has 0 atom stereocenters. The molecule has 0 aromatic carbocycles. The molecule has 1 aliphatic rings. The van der Waals surface area contributed by atoms with Crippen LogP contribution in [0, 0.1) is 0 Å². The van der Waals surface area contributed by atoms with Gasteiger partial charge in [0.05, 0.1) is 12.0 Å².